The summed E-state index contributed by atoms with van der Waals surface area (Å²) in [6.45, 7) is 5.07. The molecule has 1 amide bonds. The Morgan fingerprint density at radius 3 is 2.67 bits per heavy atom. The van der Waals surface area contributed by atoms with Crippen LogP contribution in [0.15, 0.2) is 18.3 Å². The van der Waals surface area contributed by atoms with Gasteiger partial charge in [0.15, 0.2) is 4.64 Å². The van der Waals surface area contributed by atoms with Gasteiger partial charge >= 0.3 is 0 Å². The van der Waals surface area contributed by atoms with E-state index in [4.69, 9.17) is 12.2 Å². The van der Waals surface area contributed by atoms with Crippen LogP contribution >= 0.6 is 12.2 Å². The number of carbonyl (C=O) groups excluding carboxylic acids is 1. The molecule has 0 atom stereocenters. The van der Waals surface area contributed by atoms with Crippen molar-refractivity contribution in [3.63, 3.8) is 0 Å². The monoisotopic (exact) mass is 226 g/mol. The predicted octanol–water partition coefficient (Wildman–Crippen LogP) is 1.94. The summed E-state index contributed by atoms with van der Waals surface area (Å²) in [4.78, 5) is 13.6. The highest BCUT2D eigenvalue weighted by Gasteiger charge is 2.14. The van der Waals surface area contributed by atoms with Crippen molar-refractivity contribution in [3.05, 3.63) is 28.5 Å². The van der Waals surface area contributed by atoms with E-state index in [1.807, 2.05) is 13.8 Å². The van der Waals surface area contributed by atoms with Crippen LogP contribution in [0.5, 0.6) is 0 Å². The van der Waals surface area contributed by atoms with Gasteiger partial charge in [-0.2, -0.15) is 4.73 Å². The number of hydrogen-bond donors (Lipinski definition) is 1. The van der Waals surface area contributed by atoms with Crippen molar-refractivity contribution in [2.45, 2.75) is 13.8 Å². The first-order chi connectivity index (χ1) is 7.11. The zero-order valence-electron chi connectivity index (χ0n) is 8.80. The van der Waals surface area contributed by atoms with E-state index in [-0.39, 0.29) is 10.5 Å². The Morgan fingerprint density at radius 2 is 2.13 bits per heavy atom. The lowest BCUT2D eigenvalue weighted by Gasteiger charge is -2.18. The van der Waals surface area contributed by atoms with Crippen molar-refractivity contribution in [1.82, 2.24) is 9.63 Å². The van der Waals surface area contributed by atoms with Crippen LogP contribution in [0.1, 0.15) is 24.2 Å². The number of rotatable bonds is 3. The van der Waals surface area contributed by atoms with E-state index < -0.39 is 0 Å². The van der Waals surface area contributed by atoms with Crippen molar-refractivity contribution < 1.29 is 10.0 Å². The Balaban J connectivity index is 3.11. The first-order valence-corrected chi connectivity index (χ1v) is 5.22. The van der Waals surface area contributed by atoms with E-state index in [9.17, 15) is 10.0 Å². The molecule has 0 radical (unpaired) electrons. The molecule has 0 aromatic carbocycles. The maximum atomic E-state index is 11.9. The molecule has 0 saturated carbocycles. The molecule has 4 nitrogen and oxygen atoms in total. The summed E-state index contributed by atoms with van der Waals surface area (Å²) >= 11 is 4.95. The molecule has 1 aromatic heterocycles. The van der Waals surface area contributed by atoms with Crippen molar-refractivity contribution >= 4 is 18.1 Å². The van der Waals surface area contributed by atoms with Crippen LogP contribution in [0.2, 0.25) is 0 Å². The average molecular weight is 226 g/mol. The molecule has 1 rings (SSSR count). The molecule has 0 saturated heterocycles. The molecule has 82 valence electrons. The molecule has 0 bridgehead atoms. The van der Waals surface area contributed by atoms with E-state index in [1.54, 1.807) is 17.0 Å². The van der Waals surface area contributed by atoms with Crippen LogP contribution in [-0.4, -0.2) is 33.8 Å². The third-order valence-corrected chi connectivity index (χ3v) is 2.62. The maximum absolute atomic E-state index is 11.9. The Labute approximate surface area is 93.7 Å². The van der Waals surface area contributed by atoms with Gasteiger partial charge in [-0.25, -0.2) is 0 Å². The first-order valence-electron chi connectivity index (χ1n) is 4.82. The summed E-state index contributed by atoms with van der Waals surface area (Å²) in [6.07, 6.45) is 1.40. The van der Waals surface area contributed by atoms with E-state index in [0.29, 0.717) is 18.7 Å². The third kappa shape index (κ3) is 2.36. The molecule has 1 heterocycles. The molecule has 0 unspecified atom stereocenters. The molecule has 1 N–H and O–H groups in total. The van der Waals surface area contributed by atoms with E-state index in [2.05, 4.69) is 0 Å². The van der Waals surface area contributed by atoms with Gasteiger partial charge in [-0.3, -0.25) is 4.79 Å². The lowest BCUT2D eigenvalue weighted by Crippen LogP contribution is -2.31. The fourth-order valence-corrected chi connectivity index (χ4v) is 1.54. The molecule has 5 heteroatoms. The Hall–Kier alpha value is -1.36. The molecule has 0 aliphatic rings. The SMILES string of the molecule is CCN(CC)C(=O)c1cccn(O)c1=S. The lowest BCUT2D eigenvalue weighted by molar-refractivity contribution is 0.0766. The van der Waals surface area contributed by atoms with Gasteiger partial charge in [0.05, 0.1) is 5.56 Å². The van der Waals surface area contributed by atoms with Gasteiger partial charge < -0.3 is 10.1 Å². The van der Waals surface area contributed by atoms with Crippen LogP contribution in [0, 0.1) is 4.64 Å². The maximum Gasteiger partial charge on any atom is 0.256 e. The molecule has 0 aliphatic carbocycles. The highest BCUT2D eigenvalue weighted by Crippen LogP contribution is 2.06. The Morgan fingerprint density at radius 1 is 1.53 bits per heavy atom. The minimum atomic E-state index is -0.145. The van der Waals surface area contributed by atoms with Gasteiger partial charge in [0.25, 0.3) is 5.91 Å². The highest BCUT2D eigenvalue weighted by atomic mass is 32.1. The fraction of sp³-hybridized carbons (Fsp3) is 0.400. The van der Waals surface area contributed by atoms with Crippen LogP contribution in [0.25, 0.3) is 0 Å². The van der Waals surface area contributed by atoms with Crippen LogP contribution in [0.4, 0.5) is 0 Å². The van der Waals surface area contributed by atoms with E-state index >= 15 is 0 Å². The van der Waals surface area contributed by atoms with Crippen molar-refractivity contribution in [3.8, 4) is 0 Å². The summed E-state index contributed by atoms with van der Waals surface area (Å²) in [5, 5.41) is 9.32. The summed E-state index contributed by atoms with van der Waals surface area (Å²) in [5.41, 5.74) is 0.360. The van der Waals surface area contributed by atoms with Crippen LogP contribution in [0.3, 0.4) is 0 Å². The molecule has 0 aliphatic heterocycles. The van der Waals surface area contributed by atoms with Gasteiger partial charge in [0, 0.05) is 19.3 Å². The Kier molecular flexibility index (Phi) is 3.85. The minimum Gasteiger partial charge on any atom is -0.428 e. The minimum absolute atomic E-state index is 0.145. The zero-order valence-corrected chi connectivity index (χ0v) is 9.62. The fourth-order valence-electron chi connectivity index (χ4n) is 1.33. The standard InChI is InChI=1S/C10H14N2O2S/c1-3-11(4-2)9(13)8-6-5-7-12(14)10(8)15/h5-7,14H,3-4H2,1-2H3. The van der Waals surface area contributed by atoms with Crippen molar-refractivity contribution in [2.24, 2.45) is 0 Å². The topological polar surface area (TPSA) is 45.5 Å². The van der Waals surface area contributed by atoms with Gasteiger partial charge in [0.2, 0.25) is 0 Å². The summed E-state index contributed by atoms with van der Waals surface area (Å²) in [7, 11) is 0. The smallest absolute Gasteiger partial charge is 0.256 e. The van der Waals surface area contributed by atoms with E-state index in [0.717, 1.165) is 4.73 Å². The number of aromatic nitrogens is 1. The zero-order chi connectivity index (χ0) is 11.4. The second kappa shape index (κ2) is 4.93. The number of amides is 1. The summed E-state index contributed by atoms with van der Waals surface area (Å²) in [5.74, 6) is -0.145. The number of pyridine rings is 1. The van der Waals surface area contributed by atoms with Crippen molar-refractivity contribution in [1.29, 1.82) is 0 Å². The largest absolute Gasteiger partial charge is 0.428 e. The van der Waals surface area contributed by atoms with Crippen molar-refractivity contribution in [2.75, 3.05) is 13.1 Å². The van der Waals surface area contributed by atoms with Crippen LogP contribution < -0.4 is 0 Å². The predicted molar refractivity (Wildman–Crippen MR) is 59.7 cm³/mol. The summed E-state index contributed by atoms with van der Waals surface area (Å²) < 4.78 is 0.931. The number of nitrogens with zero attached hydrogens (tertiary/aromatic N) is 2. The Bertz CT molecular complexity index is 410. The molecule has 0 spiro atoms. The average Bonchev–Trinajstić information content (AvgIpc) is 2.23. The van der Waals surface area contributed by atoms with E-state index in [1.165, 1.54) is 6.20 Å². The second-order valence-corrected chi connectivity index (χ2v) is 3.44. The molecular weight excluding hydrogens is 212 g/mol. The normalized spacial score (nSPS) is 10.0. The molecule has 15 heavy (non-hydrogen) atoms. The number of carbonyl (C=O) groups is 1. The molecular formula is C10H14N2O2S. The van der Waals surface area contributed by atoms with Gasteiger partial charge in [-0.15, -0.1) is 0 Å². The van der Waals surface area contributed by atoms with Crippen LogP contribution in [-0.2, 0) is 0 Å². The molecule has 1 aromatic rings. The van der Waals surface area contributed by atoms with Gasteiger partial charge in [-0.05, 0) is 26.0 Å². The number of hydrogen-bond acceptors (Lipinski definition) is 3. The third-order valence-electron chi connectivity index (χ3n) is 2.21. The second-order valence-electron chi connectivity index (χ2n) is 3.05. The lowest BCUT2D eigenvalue weighted by atomic mass is 10.2. The summed E-state index contributed by atoms with van der Waals surface area (Å²) in [6, 6.07) is 3.21. The first kappa shape index (κ1) is 11.7. The quantitative estimate of drug-likeness (QED) is 0.633. The van der Waals surface area contributed by atoms with Gasteiger partial charge in [-0.1, -0.05) is 12.2 Å². The van der Waals surface area contributed by atoms with Gasteiger partial charge in [0.1, 0.15) is 0 Å². The highest BCUT2D eigenvalue weighted by molar-refractivity contribution is 7.71. The molecule has 0 fully saturated rings.